The van der Waals surface area contributed by atoms with E-state index in [1.165, 1.54) is 0 Å². The largest absolute Gasteiger partial charge is 0.335 e. The molecule has 3 rings (SSSR count). The lowest BCUT2D eigenvalue weighted by Crippen LogP contribution is -2.45. The van der Waals surface area contributed by atoms with E-state index in [1.807, 2.05) is 18.0 Å². The molecule has 1 aliphatic heterocycles. The van der Waals surface area contributed by atoms with E-state index in [1.54, 1.807) is 16.9 Å². The molecule has 8 nitrogen and oxygen atoms in total. The molecule has 3 heterocycles. The van der Waals surface area contributed by atoms with E-state index >= 15 is 0 Å². The van der Waals surface area contributed by atoms with E-state index in [0.717, 1.165) is 31.1 Å². The maximum atomic E-state index is 13.0. The van der Waals surface area contributed by atoms with Crippen LogP contribution in [0.4, 0.5) is 0 Å². The highest BCUT2D eigenvalue weighted by molar-refractivity contribution is 7.88. The molecule has 1 saturated heterocycles. The lowest BCUT2D eigenvalue weighted by molar-refractivity contribution is 0.0605. The Morgan fingerprint density at radius 1 is 1.36 bits per heavy atom. The Kier molecular flexibility index (Phi) is 5.05. The molecule has 2 aromatic rings. The highest BCUT2D eigenvalue weighted by Gasteiger charge is 2.29. The van der Waals surface area contributed by atoms with Gasteiger partial charge in [0.25, 0.3) is 5.91 Å². The molecule has 25 heavy (non-hydrogen) atoms. The monoisotopic (exact) mass is 365 g/mol. The fourth-order valence-corrected chi connectivity index (χ4v) is 3.74. The smallest absolute Gasteiger partial charge is 0.259 e. The van der Waals surface area contributed by atoms with Gasteiger partial charge in [-0.3, -0.25) is 4.79 Å². The minimum absolute atomic E-state index is 0.0240. The molecule has 9 heteroatoms. The van der Waals surface area contributed by atoms with Crippen LogP contribution in [0.5, 0.6) is 0 Å². The van der Waals surface area contributed by atoms with Gasteiger partial charge in [-0.2, -0.15) is 5.10 Å². The standard InChI is InChI=1S/C16H23N5O3S/c1-12-9-17-15-14(10-18-21(15)11-12)16(22)20-8-4-3-5-13(20)6-7-19-25(2,23)24/h9-11,13,19H,3-8H2,1-2H3/t13-/m0/s1. The SMILES string of the molecule is Cc1cnc2c(C(=O)N3CCCC[C@H]3CCNS(C)(=O)=O)cnn2c1. The minimum atomic E-state index is -3.22. The van der Waals surface area contributed by atoms with Crippen molar-refractivity contribution in [1.29, 1.82) is 0 Å². The second-order valence-corrected chi connectivity index (χ2v) is 8.39. The topological polar surface area (TPSA) is 96.7 Å². The Hall–Kier alpha value is -2.00. The molecule has 1 N–H and O–H groups in total. The summed E-state index contributed by atoms with van der Waals surface area (Å²) < 4.78 is 26.6. The van der Waals surface area contributed by atoms with Crippen LogP contribution >= 0.6 is 0 Å². The van der Waals surface area contributed by atoms with E-state index in [0.29, 0.717) is 30.7 Å². The van der Waals surface area contributed by atoms with E-state index < -0.39 is 10.0 Å². The van der Waals surface area contributed by atoms with Gasteiger partial charge in [-0.05, 0) is 38.2 Å². The van der Waals surface area contributed by atoms with Gasteiger partial charge in [0.2, 0.25) is 10.0 Å². The first-order valence-corrected chi connectivity index (χ1v) is 10.3. The third-order valence-corrected chi connectivity index (χ3v) is 5.17. The van der Waals surface area contributed by atoms with Crippen LogP contribution in [0.25, 0.3) is 5.65 Å². The second kappa shape index (κ2) is 7.09. The van der Waals surface area contributed by atoms with E-state index in [9.17, 15) is 13.2 Å². The molecular formula is C16H23N5O3S. The summed E-state index contributed by atoms with van der Waals surface area (Å²) in [6.07, 6.45) is 9.73. The number of hydrogen-bond acceptors (Lipinski definition) is 5. The molecule has 0 spiro atoms. The van der Waals surface area contributed by atoms with Crippen LogP contribution < -0.4 is 4.72 Å². The molecule has 136 valence electrons. The highest BCUT2D eigenvalue weighted by Crippen LogP contribution is 2.23. The van der Waals surface area contributed by atoms with Gasteiger partial charge in [-0.15, -0.1) is 0 Å². The number of rotatable bonds is 5. The van der Waals surface area contributed by atoms with Gasteiger partial charge in [-0.1, -0.05) is 0 Å². The number of piperidine rings is 1. The van der Waals surface area contributed by atoms with Crippen LogP contribution in [0.2, 0.25) is 0 Å². The average molecular weight is 365 g/mol. The zero-order valence-electron chi connectivity index (χ0n) is 14.5. The van der Waals surface area contributed by atoms with Gasteiger partial charge in [0.1, 0.15) is 5.56 Å². The molecule has 1 atom stereocenters. The van der Waals surface area contributed by atoms with Gasteiger partial charge < -0.3 is 4.90 Å². The van der Waals surface area contributed by atoms with E-state index in [-0.39, 0.29) is 11.9 Å². The van der Waals surface area contributed by atoms with Crippen molar-refractivity contribution in [2.45, 2.75) is 38.6 Å². The number of carbonyl (C=O) groups is 1. The van der Waals surface area contributed by atoms with Crippen molar-refractivity contribution in [3.05, 3.63) is 29.7 Å². The molecule has 1 amide bonds. The normalized spacial score (nSPS) is 18.6. The fraction of sp³-hybridized carbons (Fsp3) is 0.562. The van der Waals surface area contributed by atoms with Crippen molar-refractivity contribution in [2.24, 2.45) is 0 Å². The molecule has 0 bridgehead atoms. The van der Waals surface area contributed by atoms with E-state index in [2.05, 4.69) is 14.8 Å². The van der Waals surface area contributed by atoms with Crippen LogP contribution in [-0.2, 0) is 10.0 Å². The molecule has 1 aliphatic rings. The lowest BCUT2D eigenvalue weighted by atomic mass is 9.98. The second-order valence-electron chi connectivity index (χ2n) is 6.56. The number of aryl methyl sites for hydroxylation is 1. The summed E-state index contributed by atoms with van der Waals surface area (Å²) in [5.74, 6) is -0.0876. The van der Waals surface area contributed by atoms with Crippen molar-refractivity contribution in [3.8, 4) is 0 Å². The molecule has 0 aromatic carbocycles. The Morgan fingerprint density at radius 3 is 2.92 bits per heavy atom. The van der Waals surface area contributed by atoms with Gasteiger partial charge in [0.05, 0.1) is 12.5 Å². The Balaban J connectivity index is 1.78. The quantitative estimate of drug-likeness (QED) is 0.852. The summed E-state index contributed by atoms with van der Waals surface area (Å²) in [7, 11) is -3.22. The third-order valence-electron chi connectivity index (χ3n) is 4.45. The van der Waals surface area contributed by atoms with Crippen LogP contribution in [0, 0.1) is 6.92 Å². The number of sulfonamides is 1. The Bertz CT molecular complexity index is 877. The zero-order chi connectivity index (χ0) is 18.0. The van der Waals surface area contributed by atoms with Crippen LogP contribution in [-0.4, -0.2) is 59.2 Å². The highest BCUT2D eigenvalue weighted by atomic mass is 32.2. The Labute approximate surface area is 147 Å². The molecule has 0 aliphatic carbocycles. The molecule has 0 unspecified atom stereocenters. The summed E-state index contributed by atoms with van der Waals surface area (Å²) in [6.45, 7) is 2.93. The number of carbonyl (C=O) groups excluding carboxylic acids is 1. The predicted octanol–water partition coefficient (Wildman–Crippen LogP) is 0.972. The van der Waals surface area contributed by atoms with E-state index in [4.69, 9.17) is 0 Å². The summed E-state index contributed by atoms with van der Waals surface area (Å²) in [5.41, 5.74) is 2.01. The summed E-state index contributed by atoms with van der Waals surface area (Å²) in [5, 5.41) is 4.23. The number of hydrogen-bond donors (Lipinski definition) is 1. The number of nitrogens with one attached hydrogen (secondary N) is 1. The zero-order valence-corrected chi connectivity index (χ0v) is 15.3. The van der Waals surface area contributed by atoms with Gasteiger partial charge in [0, 0.05) is 31.5 Å². The first-order valence-electron chi connectivity index (χ1n) is 8.41. The fourth-order valence-electron chi connectivity index (χ4n) is 3.25. The maximum absolute atomic E-state index is 13.0. The number of nitrogens with zero attached hydrogens (tertiary/aromatic N) is 4. The molecule has 0 saturated carbocycles. The van der Waals surface area contributed by atoms with Crippen molar-refractivity contribution in [3.63, 3.8) is 0 Å². The minimum Gasteiger partial charge on any atom is -0.335 e. The summed E-state index contributed by atoms with van der Waals surface area (Å²) in [4.78, 5) is 19.2. The van der Waals surface area contributed by atoms with Crippen molar-refractivity contribution < 1.29 is 13.2 Å². The maximum Gasteiger partial charge on any atom is 0.259 e. The van der Waals surface area contributed by atoms with Gasteiger partial charge >= 0.3 is 0 Å². The average Bonchev–Trinajstić information content (AvgIpc) is 2.96. The van der Waals surface area contributed by atoms with Crippen molar-refractivity contribution >= 4 is 21.6 Å². The number of likely N-dealkylation sites (tertiary alicyclic amines) is 1. The van der Waals surface area contributed by atoms with Crippen LogP contribution in [0.3, 0.4) is 0 Å². The van der Waals surface area contributed by atoms with Gasteiger partial charge in [0.15, 0.2) is 5.65 Å². The Morgan fingerprint density at radius 2 is 2.16 bits per heavy atom. The number of fused-ring (bicyclic) bond motifs is 1. The molecule has 1 fully saturated rings. The first kappa shape index (κ1) is 17.8. The molecule has 0 radical (unpaired) electrons. The first-order chi connectivity index (χ1) is 11.8. The number of amides is 1. The van der Waals surface area contributed by atoms with Crippen LogP contribution in [0.1, 0.15) is 41.6 Å². The van der Waals surface area contributed by atoms with Gasteiger partial charge in [-0.25, -0.2) is 22.6 Å². The summed E-state index contributed by atoms with van der Waals surface area (Å²) >= 11 is 0. The molecule has 2 aromatic heterocycles. The number of aromatic nitrogens is 3. The molecular weight excluding hydrogens is 342 g/mol. The lowest BCUT2D eigenvalue weighted by Gasteiger charge is -2.35. The predicted molar refractivity (Wildman–Crippen MR) is 93.9 cm³/mol. The van der Waals surface area contributed by atoms with Crippen LogP contribution in [0.15, 0.2) is 18.6 Å². The van der Waals surface area contributed by atoms with Crippen molar-refractivity contribution in [1.82, 2.24) is 24.2 Å². The summed E-state index contributed by atoms with van der Waals surface area (Å²) in [6, 6.07) is 0.0240. The third kappa shape index (κ3) is 4.16. The van der Waals surface area contributed by atoms with Crippen molar-refractivity contribution in [2.75, 3.05) is 19.3 Å².